The standard InChI is InChI=1S/C19H20N2O4S/c1-13(22)21-10-9-16-11-17(7-8-18(16)21)20-19(23)15-5-3-14(4-6-15)12-26(2,24)25/h3-8,11H,9-10,12H2,1-2H3,(H,20,23). The molecule has 136 valence electrons. The summed E-state index contributed by atoms with van der Waals surface area (Å²) in [5.74, 6) is -0.307. The van der Waals surface area contributed by atoms with E-state index in [0.29, 0.717) is 23.4 Å². The van der Waals surface area contributed by atoms with Gasteiger partial charge in [-0.25, -0.2) is 8.42 Å². The molecule has 0 fully saturated rings. The molecule has 26 heavy (non-hydrogen) atoms. The summed E-state index contributed by atoms with van der Waals surface area (Å²) in [4.78, 5) is 25.7. The zero-order valence-electron chi connectivity index (χ0n) is 14.7. The summed E-state index contributed by atoms with van der Waals surface area (Å²) in [6.07, 6.45) is 1.94. The van der Waals surface area contributed by atoms with E-state index in [9.17, 15) is 18.0 Å². The van der Waals surface area contributed by atoms with Crippen molar-refractivity contribution in [2.45, 2.75) is 19.1 Å². The van der Waals surface area contributed by atoms with Gasteiger partial charge in [-0.2, -0.15) is 0 Å². The Morgan fingerprint density at radius 1 is 1.12 bits per heavy atom. The summed E-state index contributed by atoms with van der Waals surface area (Å²) in [6.45, 7) is 2.20. The molecule has 2 amide bonds. The van der Waals surface area contributed by atoms with E-state index in [1.165, 1.54) is 13.2 Å². The van der Waals surface area contributed by atoms with Crippen molar-refractivity contribution in [1.82, 2.24) is 0 Å². The van der Waals surface area contributed by atoms with Gasteiger partial charge in [0.2, 0.25) is 5.91 Å². The maximum atomic E-state index is 12.4. The number of hydrogen-bond acceptors (Lipinski definition) is 4. The Labute approximate surface area is 152 Å². The molecule has 0 atom stereocenters. The van der Waals surface area contributed by atoms with Gasteiger partial charge in [0.15, 0.2) is 9.84 Å². The van der Waals surface area contributed by atoms with Crippen molar-refractivity contribution in [2.24, 2.45) is 0 Å². The van der Waals surface area contributed by atoms with Crippen LogP contribution in [0.4, 0.5) is 11.4 Å². The first-order valence-electron chi connectivity index (χ1n) is 8.22. The molecule has 0 aromatic heterocycles. The smallest absolute Gasteiger partial charge is 0.255 e. The number of anilines is 2. The van der Waals surface area contributed by atoms with Gasteiger partial charge in [0.25, 0.3) is 5.91 Å². The number of benzene rings is 2. The van der Waals surface area contributed by atoms with Crippen LogP contribution in [0.2, 0.25) is 0 Å². The highest BCUT2D eigenvalue weighted by molar-refractivity contribution is 7.89. The Bertz CT molecular complexity index is 966. The molecule has 6 nitrogen and oxygen atoms in total. The van der Waals surface area contributed by atoms with E-state index in [1.807, 2.05) is 12.1 Å². The third-order valence-electron chi connectivity index (χ3n) is 4.26. The first-order chi connectivity index (χ1) is 12.2. The van der Waals surface area contributed by atoms with Crippen LogP contribution in [0.25, 0.3) is 0 Å². The molecule has 0 spiro atoms. The highest BCUT2D eigenvalue weighted by Gasteiger charge is 2.22. The number of nitrogens with zero attached hydrogens (tertiary/aromatic N) is 1. The molecule has 2 aromatic carbocycles. The van der Waals surface area contributed by atoms with Crippen molar-refractivity contribution in [2.75, 3.05) is 23.0 Å². The van der Waals surface area contributed by atoms with Gasteiger partial charge in [-0.1, -0.05) is 12.1 Å². The van der Waals surface area contributed by atoms with E-state index >= 15 is 0 Å². The first kappa shape index (κ1) is 18.1. The van der Waals surface area contributed by atoms with E-state index in [0.717, 1.165) is 17.7 Å². The molecule has 0 aliphatic carbocycles. The maximum absolute atomic E-state index is 12.4. The van der Waals surface area contributed by atoms with Crippen molar-refractivity contribution in [3.05, 3.63) is 59.2 Å². The molecule has 3 rings (SSSR count). The summed E-state index contributed by atoms with van der Waals surface area (Å²) in [5, 5.41) is 2.84. The van der Waals surface area contributed by atoms with Crippen molar-refractivity contribution < 1.29 is 18.0 Å². The molecule has 0 saturated heterocycles. The van der Waals surface area contributed by atoms with Crippen LogP contribution < -0.4 is 10.2 Å². The molecule has 0 saturated carbocycles. The van der Waals surface area contributed by atoms with E-state index < -0.39 is 9.84 Å². The Hall–Kier alpha value is -2.67. The van der Waals surface area contributed by atoms with Gasteiger partial charge in [-0.05, 0) is 47.9 Å². The quantitative estimate of drug-likeness (QED) is 0.893. The topological polar surface area (TPSA) is 83.6 Å². The van der Waals surface area contributed by atoms with Crippen LogP contribution in [0.3, 0.4) is 0 Å². The van der Waals surface area contributed by atoms with Crippen molar-refractivity contribution in [1.29, 1.82) is 0 Å². The zero-order valence-corrected chi connectivity index (χ0v) is 15.5. The van der Waals surface area contributed by atoms with Crippen LogP contribution in [0.5, 0.6) is 0 Å². The predicted molar refractivity (Wildman–Crippen MR) is 101 cm³/mol. The molecule has 1 aliphatic heterocycles. The number of hydrogen-bond donors (Lipinski definition) is 1. The van der Waals surface area contributed by atoms with Crippen LogP contribution in [0.15, 0.2) is 42.5 Å². The van der Waals surface area contributed by atoms with Crippen molar-refractivity contribution >= 4 is 33.0 Å². The van der Waals surface area contributed by atoms with Gasteiger partial charge >= 0.3 is 0 Å². The zero-order chi connectivity index (χ0) is 18.9. The predicted octanol–water partition coefficient (Wildman–Crippen LogP) is 2.39. The Morgan fingerprint density at radius 2 is 1.81 bits per heavy atom. The number of carbonyl (C=O) groups is 2. The Kier molecular flexibility index (Phi) is 4.82. The molecular weight excluding hydrogens is 352 g/mol. The second kappa shape index (κ2) is 6.92. The minimum absolute atomic E-state index is 0.00900. The number of fused-ring (bicyclic) bond motifs is 1. The van der Waals surface area contributed by atoms with Gasteiger partial charge in [0, 0.05) is 36.7 Å². The van der Waals surface area contributed by atoms with Crippen LogP contribution >= 0.6 is 0 Å². The van der Waals surface area contributed by atoms with E-state index in [2.05, 4.69) is 5.32 Å². The van der Waals surface area contributed by atoms with Crippen LogP contribution in [0.1, 0.15) is 28.4 Å². The van der Waals surface area contributed by atoms with Crippen LogP contribution in [0, 0.1) is 0 Å². The highest BCUT2D eigenvalue weighted by atomic mass is 32.2. The third kappa shape index (κ3) is 4.11. The average Bonchev–Trinajstić information content (AvgIpc) is 2.97. The van der Waals surface area contributed by atoms with Gasteiger partial charge in [-0.15, -0.1) is 0 Å². The minimum Gasteiger partial charge on any atom is -0.322 e. The van der Waals surface area contributed by atoms with Gasteiger partial charge in [-0.3, -0.25) is 9.59 Å². The Balaban J connectivity index is 1.72. The monoisotopic (exact) mass is 372 g/mol. The van der Waals surface area contributed by atoms with Crippen molar-refractivity contribution in [3.63, 3.8) is 0 Å². The molecule has 7 heteroatoms. The maximum Gasteiger partial charge on any atom is 0.255 e. The lowest BCUT2D eigenvalue weighted by Gasteiger charge is -2.15. The number of rotatable bonds is 4. The fraction of sp³-hybridized carbons (Fsp3) is 0.263. The van der Waals surface area contributed by atoms with Gasteiger partial charge in [0.1, 0.15) is 0 Å². The molecule has 0 radical (unpaired) electrons. The Morgan fingerprint density at radius 3 is 2.42 bits per heavy atom. The van der Waals surface area contributed by atoms with Gasteiger partial charge < -0.3 is 10.2 Å². The first-order valence-corrected chi connectivity index (χ1v) is 10.3. The minimum atomic E-state index is -3.10. The fourth-order valence-corrected chi connectivity index (χ4v) is 3.86. The number of sulfone groups is 1. The van der Waals surface area contributed by atoms with Crippen LogP contribution in [-0.2, 0) is 26.8 Å². The normalized spacial score (nSPS) is 13.4. The fourth-order valence-electron chi connectivity index (χ4n) is 3.06. The largest absolute Gasteiger partial charge is 0.322 e. The average molecular weight is 372 g/mol. The van der Waals surface area contributed by atoms with Crippen LogP contribution in [-0.4, -0.2) is 33.0 Å². The van der Waals surface area contributed by atoms with Gasteiger partial charge in [0.05, 0.1) is 5.75 Å². The second-order valence-electron chi connectivity index (χ2n) is 6.49. The molecule has 0 unspecified atom stereocenters. The molecular formula is C19H20N2O4S. The summed E-state index contributed by atoms with van der Waals surface area (Å²) in [6, 6.07) is 12.0. The number of carbonyl (C=O) groups excluding carboxylic acids is 2. The molecule has 0 bridgehead atoms. The lowest BCUT2D eigenvalue weighted by Crippen LogP contribution is -2.25. The van der Waals surface area contributed by atoms with E-state index in [1.54, 1.807) is 35.2 Å². The summed E-state index contributed by atoms with van der Waals surface area (Å²) >= 11 is 0. The highest BCUT2D eigenvalue weighted by Crippen LogP contribution is 2.30. The van der Waals surface area contributed by atoms with E-state index in [4.69, 9.17) is 0 Å². The van der Waals surface area contributed by atoms with E-state index in [-0.39, 0.29) is 17.6 Å². The number of amides is 2. The summed E-state index contributed by atoms with van der Waals surface area (Å²) in [5.41, 5.74) is 3.68. The molecule has 1 aliphatic rings. The second-order valence-corrected chi connectivity index (χ2v) is 8.63. The summed E-state index contributed by atoms with van der Waals surface area (Å²) < 4.78 is 22.6. The lowest BCUT2D eigenvalue weighted by atomic mass is 10.1. The third-order valence-corrected chi connectivity index (χ3v) is 5.12. The SMILES string of the molecule is CC(=O)N1CCc2cc(NC(=O)c3ccc(CS(C)(=O)=O)cc3)ccc21. The number of nitrogens with one attached hydrogen (secondary N) is 1. The molecule has 1 N–H and O–H groups in total. The van der Waals surface area contributed by atoms with Crippen molar-refractivity contribution in [3.8, 4) is 0 Å². The summed E-state index contributed by atoms with van der Waals surface area (Å²) in [7, 11) is -3.10. The molecule has 2 aromatic rings. The lowest BCUT2D eigenvalue weighted by molar-refractivity contribution is -0.116. The molecule has 1 heterocycles.